The molecule has 2 fully saturated rings. The minimum atomic E-state index is -3.60. The van der Waals surface area contributed by atoms with Gasteiger partial charge in [-0.05, 0) is 49.2 Å². The molecule has 0 atom stereocenters. The first-order valence-corrected chi connectivity index (χ1v) is 13.1. The van der Waals surface area contributed by atoms with E-state index in [0.717, 1.165) is 0 Å². The number of piperazine rings is 1. The van der Waals surface area contributed by atoms with Crippen LogP contribution in [-0.4, -0.2) is 67.7 Å². The molecule has 4 rings (SSSR count). The minimum absolute atomic E-state index is 0.0714. The summed E-state index contributed by atoms with van der Waals surface area (Å²) >= 11 is 12.0. The zero-order chi connectivity index (χ0) is 23.6. The van der Waals surface area contributed by atoms with Gasteiger partial charge < -0.3 is 4.90 Å². The van der Waals surface area contributed by atoms with Crippen molar-refractivity contribution in [2.24, 2.45) is 5.92 Å². The van der Waals surface area contributed by atoms with Crippen LogP contribution in [0.1, 0.15) is 18.4 Å². The van der Waals surface area contributed by atoms with Crippen molar-refractivity contribution in [3.05, 3.63) is 63.9 Å². The molecule has 178 valence electrons. The number of halogens is 3. The topological polar surface area (TPSA) is 60.9 Å². The lowest BCUT2D eigenvalue weighted by Crippen LogP contribution is -2.51. The Morgan fingerprint density at radius 2 is 1.58 bits per heavy atom. The normalized spacial score (nSPS) is 19.1. The fourth-order valence-electron chi connectivity index (χ4n) is 4.39. The molecular formula is C23H26Cl2FN3O3S. The summed E-state index contributed by atoms with van der Waals surface area (Å²) < 4.78 is 41.2. The van der Waals surface area contributed by atoms with Gasteiger partial charge >= 0.3 is 0 Å². The van der Waals surface area contributed by atoms with Crippen molar-refractivity contribution in [2.75, 3.05) is 39.3 Å². The Hall–Kier alpha value is -1.71. The lowest BCUT2D eigenvalue weighted by molar-refractivity contribution is -0.138. The van der Waals surface area contributed by atoms with Crippen LogP contribution in [0.25, 0.3) is 0 Å². The van der Waals surface area contributed by atoms with Crippen LogP contribution in [0, 0.1) is 11.7 Å². The number of piperidine rings is 1. The zero-order valence-corrected chi connectivity index (χ0v) is 20.4. The molecule has 0 saturated carbocycles. The second kappa shape index (κ2) is 10.3. The van der Waals surface area contributed by atoms with Crippen LogP contribution in [0.2, 0.25) is 10.0 Å². The van der Waals surface area contributed by atoms with Gasteiger partial charge in [-0.15, -0.1) is 0 Å². The van der Waals surface area contributed by atoms with E-state index in [1.807, 2.05) is 4.90 Å². The molecular weight excluding hydrogens is 488 g/mol. The summed E-state index contributed by atoms with van der Waals surface area (Å²) in [5.74, 6) is -0.433. The monoisotopic (exact) mass is 513 g/mol. The highest BCUT2D eigenvalue weighted by molar-refractivity contribution is 7.89. The highest BCUT2D eigenvalue weighted by atomic mass is 35.5. The van der Waals surface area contributed by atoms with Crippen LogP contribution in [0.15, 0.2) is 47.4 Å². The van der Waals surface area contributed by atoms with Crippen LogP contribution in [-0.2, 0) is 21.4 Å². The Balaban J connectivity index is 1.28. The Morgan fingerprint density at radius 3 is 2.18 bits per heavy atom. The van der Waals surface area contributed by atoms with Crippen molar-refractivity contribution in [1.29, 1.82) is 0 Å². The predicted molar refractivity (Wildman–Crippen MR) is 126 cm³/mol. The van der Waals surface area contributed by atoms with E-state index in [1.54, 1.807) is 24.3 Å². The highest BCUT2D eigenvalue weighted by Crippen LogP contribution is 2.27. The third-order valence-electron chi connectivity index (χ3n) is 6.38. The molecule has 2 heterocycles. The fourth-order valence-corrected chi connectivity index (χ4v) is 6.21. The molecule has 2 aromatic rings. The van der Waals surface area contributed by atoms with E-state index in [0.29, 0.717) is 74.3 Å². The van der Waals surface area contributed by atoms with Crippen LogP contribution >= 0.6 is 23.2 Å². The van der Waals surface area contributed by atoms with Gasteiger partial charge in [0, 0.05) is 67.3 Å². The van der Waals surface area contributed by atoms with Crippen LogP contribution in [0.5, 0.6) is 0 Å². The number of hydrogen-bond donors (Lipinski definition) is 0. The van der Waals surface area contributed by atoms with E-state index in [4.69, 9.17) is 23.2 Å². The SMILES string of the molecule is O=C(C1CCN(S(=O)(=O)c2ccc(Cl)cc2)CC1)N1CCN(Cc2c(F)cccc2Cl)CC1. The van der Waals surface area contributed by atoms with E-state index in [9.17, 15) is 17.6 Å². The fraction of sp³-hybridized carbons (Fsp3) is 0.435. The third kappa shape index (κ3) is 5.52. The lowest BCUT2D eigenvalue weighted by atomic mass is 9.96. The van der Waals surface area contributed by atoms with Gasteiger partial charge in [0.25, 0.3) is 0 Å². The molecule has 6 nitrogen and oxygen atoms in total. The molecule has 0 spiro atoms. The third-order valence-corrected chi connectivity index (χ3v) is 8.90. The number of nitrogens with zero attached hydrogens (tertiary/aromatic N) is 3. The van der Waals surface area contributed by atoms with Gasteiger partial charge in [-0.25, -0.2) is 12.8 Å². The maximum Gasteiger partial charge on any atom is 0.243 e. The standard InChI is InChI=1S/C23H26Cl2FN3O3S/c24-18-4-6-19(7-5-18)33(31,32)29-10-8-17(9-11-29)23(30)28-14-12-27(13-15-28)16-20-21(25)2-1-3-22(20)26/h1-7,17H,8-16H2. The quantitative estimate of drug-likeness (QED) is 0.608. The number of carbonyl (C=O) groups excluding carboxylic acids is 1. The van der Waals surface area contributed by atoms with E-state index in [1.165, 1.54) is 22.5 Å². The number of carbonyl (C=O) groups is 1. The molecule has 0 bridgehead atoms. The summed E-state index contributed by atoms with van der Waals surface area (Å²) in [7, 11) is -3.60. The number of amides is 1. The zero-order valence-electron chi connectivity index (χ0n) is 18.1. The minimum Gasteiger partial charge on any atom is -0.340 e. The number of rotatable bonds is 5. The van der Waals surface area contributed by atoms with E-state index in [-0.39, 0.29) is 22.5 Å². The Labute approximate surface area is 203 Å². The number of benzene rings is 2. The van der Waals surface area contributed by atoms with E-state index < -0.39 is 10.0 Å². The van der Waals surface area contributed by atoms with Crippen molar-refractivity contribution < 1.29 is 17.6 Å². The van der Waals surface area contributed by atoms with Crippen LogP contribution in [0.3, 0.4) is 0 Å². The second-order valence-corrected chi connectivity index (χ2v) is 11.2. The van der Waals surface area contributed by atoms with Crippen molar-refractivity contribution in [1.82, 2.24) is 14.1 Å². The predicted octanol–water partition coefficient (Wildman–Crippen LogP) is 3.88. The summed E-state index contributed by atoms with van der Waals surface area (Å²) in [6.45, 7) is 3.44. The van der Waals surface area contributed by atoms with E-state index >= 15 is 0 Å². The van der Waals surface area contributed by atoms with E-state index in [2.05, 4.69) is 4.90 Å². The molecule has 0 aromatic heterocycles. The van der Waals surface area contributed by atoms with Gasteiger partial charge in [0.1, 0.15) is 5.82 Å². The van der Waals surface area contributed by atoms with Gasteiger partial charge in [0.05, 0.1) is 4.90 Å². The molecule has 1 amide bonds. The first-order valence-electron chi connectivity index (χ1n) is 11.0. The largest absolute Gasteiger partial charge is 0.340 e. The van der Waals surface area contributed by atoms with Gasteiger partial charge in [0.15, 0.2) is 0 Å². The van der Waals surface area contributed by atoms with Crippen molar-refractivity contribution >= 4 is 39.1 Å². The summed E-state index contributed by atoms with van der Waals surface area (Å²) in [6.07, 6.45) is 0.993. The van der Waals surface area contributed by atoms with Gasteiger partial charge in [-0.1, -0.05) is 29.3 Å². The Bertz CT molecular complexity index is 1080. The summed E-state index contributed by atoms with van der Waals surface area (Å²) in [6, 6.07) is 10.8. The molecule has 0 N–H and O–H groups in total. The summed E-state index contributed by atoms with van der Waals surface area (Å²) in [5.41, 5.74) is 0.480. The van der Waals surface area contributed by atoms with Gasteiger partial charge in [-0.3, -0.25) is 9.69 Å². The molecule has 10 heteroatoms. The summed E-state index contributed by atoms with van der Waals surface area (Å²) in [5, 5.41) is 0.893. The Kier molecular flexibility index (Phi) is 7.60. The van der Waals surface area contributed by atoms with Gasteiger partial charge in [0.2, 0.25) is 15.9 Å². The average molecular weight is 514 g/mol. The molecule has 0 aliphatic carbocycles. The molecule has 0 radical (unpaired) electrons. The average Bonchev–Trinajstić information content (AvgIpc) is 2.82. The molecule has 2 saturated heterocycles. The maximum atomic E-state index is 14.1. The molecule has 2 aliphatic heterocycles. The first kappa shape index (κ1) is 24.4. The Morgan fingerprint density at radius 1 is 0.939 bits per heavy atom. The second-order valence-electron chi connectivity index (χ2n) is 8.43. The lowest BCUT2D eigenvalue weighted by Gasteiger charge is -2.38. The first-order chi connectivity index (χ1) is 15.8. The maximum absolute atomic E-state index is 14.1. The molecule has 0 unspecified atom stereocenters. The van der Waals surface area contributed by atoms with Crippen LogP contribution in [0.4, 0.5) is 4.39 Å². The smallest absolute Gasteiger partial charge is 0.243 e. The molecule has 33 heavy (non-hydrogen) atoms. The van der Waals surface area contributed by atoms with Gasteiger partial charge in [-0.2, -0.15) is 4.31 Å². The van der Waals surface area contributed by atoms with Crippen molar-refractivity contribution in [2.45, 2.75) is 24.3 Å². The van der Waals surface area contributed by atoms with Crippen molar-refractivity contribution in [3.8, 4) is 0 Å². The van der Waals surface area contributed by atoms with Crippen molar-refractivity contribution in [3.63, 3.8) is 0 Å². The number of hydrogen-bond acceptors (Lipinski definition) is 4. The number of sulfonamides is 1. The summed E-state index contributed by atoms with van der Waals surface area (Å²) in [4.78, 5) is 17.2. The molecule has 2 aliphatic rings. The molecule has 2 aromatic carbocycles. The van der Waals surface area contributed by atoms with Crippen LogP contribution < -0.4 is 0 Å². The highest BCUT2D eigenvalue weighted by Gasteiger charge is 2.34.